The van der Waals surface area contributed by atoms with Crippen LogP contribution in [0.25, 0.3) is 0 Å². The van der Waals surface area contributed by atoms with Gasteiger partial charge < -0.3 is 9.84 Å². The van der Waals surface area contributed by atoms with Crippen molar-refractivity contribution in [2.75, 3.05) is 0 Å². The quantitative estimate of drug-likeness (QED) is 0.919. The molecule has 5 heteroatoms. The molecule has 3 nitrogen and oxygen atoms in total. The smallest absolute Gasteiger partial charge is 0.306 e. The minimum absolute atomic E-state index is 0.0828. The van der Waals surface area contributed by atoms with E-state index in [-0.39, 0.29) is 17.0 Å². The van der Waals surface area contributed by atoms with Crippen molar-refractivity contribution >= 4 is 17.6 Å². The van der Waals surface area contributed by atoms with Gasteiger partial charge in [0.1, 0.15) is 5.82 Å². The van der Waals surface area contributed by atoms with Crippen molar-refractivity contribution in [3.8, 4) is 0 Å². The van der Waals surface area contributed by atoms with Crippen molar-refractivity contribution in [3.05, 3.63) is 34.6 Å². The summed E-state index contributed by atoms with van der Waals surface area (Å²) in [6, 6.07) is 4.52. The molecule has 0 aromatic heterocycles. The highest BCUT2D eigenvalue weighted by Gasteiger charge is 2.26. The Morgan fingerprint density at radius 2 is 2.05 bits per heavy atom. The number of halogens is 2. The topological polar surface area (TPSA) is 46.5 Å². The first-order valence-corrected chi connectivity index (χ1v) is 6.72. The largest absolute Gasteiger partial charge is 0.481 e. The lowest BCUT2D eigenvalue weighted by atomic mass is 9.87. The van der Waals surface area contributed by atoms with Gasteiger partial charge in [0, 0.05) is 0 Å². The molecule has 0 aliphatic heterocycles. The molecule has 1 N–H and O–H groups in total. The Balaban J connectivity index is 1.80. The molecule has 2 rings (SSSR count). The van der Waals surface area contributed by atoms with Gasteiger partial charge in [0.25, 0.3) is 0 Å². The van der Waals surface area contributed by atoms with Gasteiger partial charge in [0.2, 0.25) is 0 Å². The molecule has 1 aromatic carbocycles. The molecular weight excluding hydrogens is 271 g/mol. The first-order valence-electron chi connectivity index (χ1n) is 6.34. The van der Waals surface area contributed by atoms with E-state index < -0.39 is 11.8 Å². The minimum Gasteiger partial charge on any atom is -0.481 e. The fourth-order valence-electron chi connectivity index (χ4n) is 2.32. The lowest BCUT2D eigenvalue weighted by molar-refractivity contribution is -0.143. The van der Waals surface area contributed by atoms with Crippen LogP contribution in [0.4, 0.5) is 4.39 Å². The van der Waals surface area contributed by atoms with Gasteiger partial charge in [-0.1, -0.05) is 17.7 Å². The Bertz CT molecular complexity index is 456. The average Bonchev–Trinajstić information content (AvgIpc) is 2.40. The third-order valence-corrected chi connectivity index (χ3v) is 3.78. The Morgan fingerprint density at radius 1 is 1.37 bits per heavy atom. The lowest BCUT2D eigenvalue weighted by Gasteiger charge is -2.26. The molecule has 1 saturated carbocycles. The zero-order valence-corrected chi connectivity index (χ0v) is 11.2. The maximum absolute atomic E-state index is 13.0. The number of hydrogen-bond acceptors (Lipinski definition) is 2. The third-order valence-electron chi connectivity index (χ3n) is 3.49. The molecule has 104 valence electrons. The summed E-state index contributed by atoms with van der Waals surface area (Å²) in [6.07, 6.45) is 2.91. The fraction of sp³-hybridized carbons (Fsp3) is 0.500. The van der Waals surface area contributed by atoms with Crippen molar-refractivity contribution in [3.63, 3.8) is 0 Å². The van der Waals surface area contributed by atoms with E-state index in [1.54, 1.807) is 12.1 Å². The van der Waals surface area contributed by atoms with E-state index in [1.165, 1.54) is 6.07 Å². The van der Waals surface area contributed by atoms with Crippen LogP contribution in [-0.2, 0) is 16.1 Å². The van der Waals surface area contributed by atoms with Crippen molar-refractivity contribution in [1.82, 2.24) is 0 Å². The summed E-state index contributed by atoms with van der Waals surface area (Å²) >= 11 is 5.69. The number of aliphatic carboxylic acids is 1. The molecule has 1 aromatic rings. The summed E-state index contributed by atoms with van der Waals surface area (Å²) in [7, 11) is 0. The fourth-order valence-corrected chi connectivity index (χ4v) is 2.52. The highest BCUT2D eigenvalue weighted by molar-refractivity contribution is 6.30. The van der Waals surface area contributed by atoms with Gasteiger partial charge in [0.15, 0.2) is 0 Å². The Labute approximate surface area is 116 Å². The molecule has 0 unspecified atom stereocenters. The molecule has 0 bridgehead atoms. The van der Waals surface area contributed by atoms with E-state index in [2.05, 4.69) is 0 Å². The second-order valence-corrected chi connectivity index (χ2v) is 5.28. The first kappa shape index (κ1) is 14.3. The molecule has 1 aliphatic carbocycles. The molecule has 1 aliphatic rings. The van der Waals surface area contributed by atoms with Crippen LogP contribution >= 0.6 is 11.6 Å². The maximum atomic E-state index is 13.0. The molecular formula is C14H16ClFO3. The number of hydrogen-bond donors (Lipinski definition) is 1. The molecule has 0 saturated heterocycles. The van der Waals surface area contributed by atoms with Gasteiger partial charge in [0.05, 0.1) is 23.7 Å². The van der Waals surface area contributed by atoms with Gasteiger partial charge in [-0.05, 0) is 43.4 Å². The zero-order chi connectivity index (χ0) is 13.8. The Morgan fingerprint density at radius 3 is 2.63 bits per heavy atom. The van der Waals surface area contributed by atoms with Crippen LogP contribution in [0.3, 0.4) is 0 Å². The summed E-state index contributed by atoms with van der Waals surface area (Å²) in [5.41, 5.74) is 0.826. The van der Waals surface area contributed by atoms with E-state index in [0.29, 0.717) is 19.4 Å². The minimum atomic E-state index is -0.719. The van der Waals surface area contributed by atoms with E-state index in [0.717, 1.165) is 18.4 Å². The molecule has 0 amide bonds. The molecule has 0 radical (unpaired) electrons. The van der Waals surface area contributed by atoms with Crippen LogP contribution in [0.15, 0.2) is 18.2 Å². The number of carbonyl (C=O) groups is 1. The van der Waals surface area contributed by atoms with Gasteiger partial charge in [-0.25, -0.2) is 4.39 Å². The second-order valence-electron chi connectivity index (χ2n) is 4.87. The van der Waals surface area contributed by atoms with Crippen LogP contribution in [0.1, 0.15) is 31.2 Å². The van der Waals surface area contributed by atoms with Crippen molar-refractivity contribution in [2.24, 2.45) is 5.92 Å². The highest BCUT2D eigenvalue weighted by Crippen LogP contribution is 2.27. The van der Waals surface area contributed by atoms with E-state index in [1.807, 2.05) is 0 Å². The first-order chi connectivity index (χ1) is 9.06. The van der Waals surface area contributed by atoms with Crippen LogP contribution < -0.4 is 0 Å². The predicted molar refractivity (Wildman–Crippen MR) is 69.6 cm³/mol. The SMILES string of the molecule is O=C(O)C1CCC(OCc2ccc(F)c(Cl)c2)CC1. The lowest BCUT2D eigenvalue weighted by Crippen LogP contribution is -2.25. The zero-order valence-electron chi connectivity index (χ0n) is 10.4. The molecule has 1 fully saturated rings. The molecule has 0 spiro atoms. The van der Waals surface area contributed by atoms with E-state index in [4.69, 9.17) is 21.4 Å². The van der Waals surface area contributed by atoms with Crippen molar-refractivity contribution in [1.29, 1.82) is 0 Å². The van der Waals surface area contributed by atoms with Gasteiger partial charge in [-0.15, -0.1) is 0 Å². The number of ether oxygens (including phenoxy) is 1. The van der Waals surface area contributed by atoms with E-state index in [9.17, 15) is 9.18 Å². The highest BCUT2D eigenvalue weighted by atomic mass is 35.5. The third kappa shape index (κ3) is 3.91. The Hall–Kier alpha value is -1.13. The van der Waals surface area contributed by atoms with E-state index >= 15 is 0 Å². The van der Waals surface area contributed by atoms with Crippen LogP contribution in [0.5, 0.6) is 0 Å². The molecule has 0 heterocycles. The molecule has 19 heavy (non-hydrogen) atoms. The van der Waals surface area contributed by atoms with Gasteiger partial charge >= 0.3 is 5.97 Å². The summed E-state index contributed by atoms with van der Waals surface area (Å²) in [6.45, 7) is 0.377. The number of rotatable bonds is 4. The monoisotopic (exact) mass is 286 g/mol. The molecule has 0 atom stereocenters. The second kappa shape index (κ2) is 6.35. The van der Waals surface area contributed by atoms with Crippen LogP contribution in [0.2, 0.25) is 5.02 Å². The summed E-state index contributed by atoms with van der Waals surface area (Å²) < 4.78 is 18.7. The predicted octanol–water partition coefficient (Wildman–Crippen LogP) is 3.64. The Kier molecular flexibility index (Phi) is 4.77. The number of benzene rings is 1. The summed E-state index contributed by atoms with van der Waals surface area (Å²) in [5.74, 6) is -1.39. The van der Waals surface area contributed by atoms with Crippen LogP contribution in [0, 0.1) is 11.7 Å². The van der Waals surface area contributed by atoms with Gasteiger partial charge in [-0.3, -0.25) is 4.79 Å². The number of carboxylic acids is 1. The normalized spacial score (nSPS) is 23.3. The maximum Gasteiger partial charge on any atom is 0.306 e. The van der Waals surface area contributed by atoms with Crippen LogP contribution in [-0.4, -0.2) is 17.2 Å². The average molecular weight is 287 g/mol. The number of carboxylic acid groups (broad SMARTS) is 1. The van der Waals surface area contributed by atoms with Gasteiger partial charge in [-0.2, -0.15) is 0 Å². The standard InChI is InChI=1S/C14H16ClFO3/c15-12-7-9(1-6-13(12)16)8-19-11-4-2-10(3-5-11)14(17)18/h1,6-7,10-11H,2-5,8H2,(H,17,18). The van der Waals surface area contributed by atoms with Crippen molar-refractivity contribution in [2.45, 2.75) is 38.4 Å². The van der Waals surface area contributed by atoms with Crippen molar-refractivity contribution < 1.29 is 19.0 Å². The summed E-state index contributed by atoms with van der Waals surface area (Å²) in [4.78, 5) is 10.8. The summed E-state index contributed by atoms with van der Waals surface area (Å²) in [5, 5.41) is 8.99.